The average Bonchev–Trinajstić information content (AvgIpc) is 2.29. The molecule has 5 heteroatoms. The number of aryl methyl sites for hydroxylation is 1. The van der Waals surface area contributed by atoms with Gasteiger partial charge in [-0.1, -0.05) is 0 Å². The molecule has 0 radical (unpaired) electrons. The molecular formula is C11H16N4O. The van der Waals surface area contributed by atoms with Gasteiger partial charge in [-0.15, -0.1) is 0 Å². The van der Waals surface area contributed by atoms with E-state index in [0.29, 0.717) is 6.54 Å². The summed E-state index contributed by atoms with van der Waals surface area (Å²) in [5.74, 6) is 0.562. The molecule has 1 aromatic heterocycles. The molecule has 1 unspecified atom stereocenters. The Morgan fingerprint density at radius 3 is 3.06 bits per heavy atom. The van der Waals surface area contributed by atoms with Crippen molar-refractivity contribution in [2.24, 2.45) is 11.7 Å². The Morgan fingerprint density at radius 2 is 2.38 bits per heavy atom. The van der Waals surface area contributed by atoms with Gasteiger partial charge in [0.25, 0.3) is 0 Å². The van der Waals surface area contributed by atoms with Crippen molar-refractivity contribution < 1.29 is 4.79 Å². The van der Waals surface area contributed by atoms with Crippen molar-refractivity contribution >= 4 is 11.7 Å². The largest absolute Gasteiger partial charge is 0.369 e. The van der Waals surface area contributed by atoms with Crippen LogP contribution in [0, 0.1) is 12.8 Å². The minimum atomic E-state index is -0.217. The molecule has 1 aromatic rings. The highest BCUT2D eigenvalue weighted by Gasteiger charge is 2.24. The number of piperidine rings is 1. The van der Waals surface area contributed by atoms with Gasteiger partial charge in [0, 0.05) is 19.3 Å². The summed E-state index contributed by atoms with van der Waals surface area (Å²) in [6, 6.07) is 0. The fraction of sp³-hybridized carbons (Fsp3) is 0.545. The maximum absolute atomic E-state index is 11.2. The van der Waals surface area contributed by atoms with Gasteiger partial charge in [0.05, 0.1) is 17.8 Å². The summed E-state index contributed by atoms with van der Waals surface area (Å²) in [6.07, 6.45) is 5.31. The van der Waals surface area contributed by atoms with Gasteiger partial charge >= 0.3 is 0 Å². The van der Waals surface area contributed by atoms with Gasteiger partial charge in [0.15, 0.2) is 0 Å². The van der Waals surface area contributed by atoms with Gasteiger partial charge < -0.3 is 10.6 Å². The van der Waals surface area contributed by atoms with Crippen LogP contribution in [0.1, 0.15) is 18.5 Å². The van der Waals surface area contributed by atoms with E-state index in [-0.39, 0.29) is 11.8 Å². The molecule has 0 aromatic carbocycles. The first kappa shape index (κ1) is 10.9. The Morgan fingerprint density at radius 1 is 1.56 bits per heavy atom. The number of hydrogen-bond donors (Lipinski definition) is 1. The van der Waals surface area contributed by atoms with Crippen LogP contribution in [0.2, 0.25) is 0 Å². The van der Waals surface area contributed by atoms with Crippen molar-refractivity contribution in [2.75, 3.05) is 18.0 Å². The molecule has 1 aliphatic heterocycles. The number of anilines is 1. The lowest BCUT2D eigenvalue weighted by Gasteiger charge is -2.31. The minimum absolute atomic E-state index is 0.0592. The van der Waals surface area contributed by atoms with Crippen molar-refractivity contribution in [2.45, 2.75) is 19.8 Å². The monoisotopic (exact) mass is 220 g/mol. The molecule has 2 rings (SSSR count). The highest BCUT2D eigenvalue weighted by Crippen LogP contribution is 2.20. The third-order valence-electron chi connectivity index (χ3n) is 2.89. The number of hydrogen-bond acceptors (Lipinski definition) is 4. The molecule has 1 amide bonds. The normalized spacial score (nSPS) is 20.8. The zero-order valence-corrected chi connectivity index (χ0v) is 9.39. The number of primary amides is 1. The van der Waals surface area contributed by atoms with E-state index in [2.05, 4.69) is 14.9 Å². The third kappa shape index (κ3) is 2.29. The first-order chi connectivity index (χ1) is 7.66. The number of aromatic nitrogens is 2. The van der Waals surface area contributed by atoms with Gasteiger partial charge in [0.2, 0.25) is 5.91 Å². The SMILES string of the molecule is Cc1cncc(N2CCCC(C(N)=O)C2)n1. The van der Waals surface area contributed by atoms with Crippen LogP contribution in [0.15, 0.2) is 12.4 Å². The summed E-state index contributed by atoms with van der Waals surface area (Å²) in [5, 5.41) is 0. The zero-order chi connectivity index (χ0) is 11.5. The standard InChI is InChI=1S/C11H16N4O/c1-8-5-13-6-10(14-8)15-4-2-3-9(7-15)11(12)16/h5-6,9H,2-4,7H2,1H3,(H2,12,16). The second-order valence-electron chi connectivity index (χ2n) is 4.21. The van der Waals surface area contributed by atoms with Crippen LogP contribution in [0.5, 0.6) is 0 Å². The highest BCUT2D eigenvalue weighted by molar-refractivity contribution is 5.77. The number of nitrogens with two attached hydrogens (primary N) is 1. The van der Waals surface area contributed by atoms with Crippen LogP contribution < -0.4 is 10.6 Å². The highest BCUT2D eigenvalue weighted by atomic mass is 16.1. The summed E-state index contributed by atoms with van der Waals surface area (Å²) >= 11 is 0. The first-order valence-corrected chi connectivity index (χ1v) is 5.49. The van der Waals surface area contributed by atoms with Crippen LogP contribution in [0.4, 0.5) is 5.82 Å². The van der Waals surface area contributed by atoms with Crippen LogP contribution in [0.25, 0.3) is 0 Å². The topological polar surface area (TPSA) is 72.1 Å². The van der Waals surface area contributed by atoms with Crippen molar-refractivity contribution in [3.05, 3.63) is 18.1 Å². The maximum atomic E-state index is 11.2. The number of rotatable bonds is 2. The van der Waals surface area contributed by atoms with Crippen molar-refractivity contribution in [3.8, 4) is 0 Å². The molecule has 1 saturated heterocycles. The molecular weight excluding hydrogens is 204 g/mol. The van der Waals surface area contributed by atoms with Gasteiger partial charge in [0.1, 0.15) is 5.82 Å². The molecule has 1 atom stereocenters. The zero-order valence-electron chi connectivity index (χ0n) is 9.39. The fourth-order valence-corrected chi connectivity index (χ4v) is 2.02. The van der Waals surface area contributed by atoms with E-state index in [1.807, 2.05) is 6.92 Å². The molecule has 5 nitrogen and oxygen atoms in total. The van der Waals surface area contributed by atoms with Crippen LogP contribution in [-0.4, -0.2) is 29.0 Å². The lowest BCUT2D eigenvalue weighted by molar-refractivity contribution is -0.122. The van der Waals surface area contributed by atoms with E-state index in [0.717, 1.165) is 30.9 Å². The van der Waals surface area contributed by atoms with E-state index in [9.17, 15) is 4.79 Å². The lowest BCUT2D eigenvalue weighted by atomic mass is 9.97. The van der Waals surface area contributed by atoms with Gasteiger partial charge in [-0.3, -0.25) is 9.78 Å². The molecule has 2 N–H and O–H groups in total. The van der Waals surface area contributed by atoms with Crippen LogP contribution >= 0.6 is 0 Å². The first-order valence-electron chi connectivity index (χ1n) is 5.49. The van der Waals surface area contributed by atoms with Crippen LogP contribution in [-0.2, 0) is 4.79 Å². The average molecular weight is 220 g/mol. The Bertz CT molecular complexity index is 393. The third-order valence-corrected chi connectivity index (χ3v) is 2.89. The Hall–Kier alpha value is -1.65. The molecule has 2 heterocycles. The van der Waals surface area contributed by atoms with Crippen molar-refractivity contribution in [3.63, 3.8) is 0 Å². The van der Waals surface area contributed by atoms with E-state index in [4.69, 9.17) is 5.73 Å². The number of amides is 1. The smallest absolute Gasteiger partial charge is 0.222 e. The Labute approximate surface area is 94.7 Å². The molecule has 86 valence electrons. The summed E-state index contributed by atoms with van der Waals surface area (Å²) in [4.78, 5) is 21.8. The summed E-state index contributed by atoms with van der Waals surface area (Å²) in [6.45, 7) is 3.49. The predicted molar refractivity (Wildman–Crippen MR) is 60.9 cm³/mol. The molecule has 1 fully saturated rings. The Kier molecular flexibility index (Phi) is 3.03. The van der Waals surface area contributed by atoms with E-state index >= 15 is 0 Å². The molecule has 0 bridgehead atoms. The van der Waals surface area contributed by atoms with Gasteiger partial charge in [-0.05, 0) is 19.8 Å². The van der Waals surface area contributed by atoms with E-state index < -0.39 is 0 Å². The van der Waals surface area contributed by atoms with E-state index in [1.165, 1.54) is 0 Å². The van der Waals surface area contributed by atoms with Crippen molar-refractivity contribution in [1.29, 1.82) is 0 Å². The molecule has 0 saturated carbocycles. The van der Waals surface area contributed by atoms with Crippen LogP contribution in [0.3, 0.4) is 0 Å². The molecule has 1 aliphatic rings. The molecule has 16 heavy (non-hydrogen) atoms. The second kappa shape index (κ2) is 4.47. The summed E-state index contributed by atoms with van der Waals surface area (Å²) in [5.41, 5.74) is 6.22. The lowest BCUT2D eigenvalue weighted by Crippen LogP contribution is -2.41. The number of nitrogens with zero attached hydrogens (tertiary/aromatic N) is 3. The maximum Gasteiger partial charge on any atom is 0.222 e. The number of carbonyl (C=O) groups is 1. The van der Waals surface area contributed by atoms with E-state index in [1.54, 1.807) is 12.4 Å². The quantitative estimate of drug-likeness (QED) is 0.787. The minimum Gasteiger partial charge on any atom is -0.369 e. The number of carbonyl (C=O) groups excluding carboxylic acids is 1. The molecule has 0 spiro atoms. The summed E-state index contributed by atoms with van der Waals surface area (Å²) in [7, 11) is 0. The van der Waals surface area contributed by atoms with Crippen molar-refractivity contribution in [1.82, 2.24) is 9.97 Å². The van der Waals surface area contributed by atoms with Gasteiger partial charge in [-0.25, -0.2) is 4.98 Å². The van der Waals surface area contributed by atoms with Gasteiger partial charge in [-0.2, -0.15) is 0 Å². The second-order valence-corrected chi connectivity index (χ2v) is 4.21. The Balaban J connectivity index is 2.12. The predicted octanol–water partition coefficient (Wildman–Crippen LogP) is 0.487. The molecule has 0 aliphatic carbocycles. The summed E-state index contributed by atoms with van der Waals surface area (Å²) < 4.78 is 0. The fourth-order valence-electron chi connectivity index (χ4n) is 2.02.